The number of nitrogens with zero attached hydrogens (tertiary/aromatic N) is 5. The Hall–Kier alpha value is -3.55. The second-order valence-electron chi connectivity index (χ2n) is 8.71. The maximum absolute atomic E-state index is 13.3. The number of aromatic nitrogens is 4. The Labute approximate surface area is 186 Å². The molecule has 0 saturated carbocycles. The summed E-state index contributed by atoms with van der Waals surface area (Å²) in [5.41, 5.74) is 2.30. The molecule has 32 heavy (non-hydrogen) atoms. The Morgan fingerprint density at radius 1 is 1.03 bits per heavy atom. The Morgan fingerprint density at radius 2 is 1.75 bits per heavy atom. The predicted molar refractivity (Wildman–Crippen MR) is 119 cm³/mol. The van der Waals surface area contributed by atoms with E-state index < -0.39 is 0 Å². The van der Waals surface area contributed by atoms with Crippen LogP contribution >= 0.6 is 0 Å². The van der Waals surface area contributed by atoms with Crippen molar-refractivity contribution in [2.24, 2.45) is 0 Å². The Bertz CT molecular complexity index is 1140. The molecule has 0 spiro atoms. The van der Waals surface area contributed by atoms with Gasteiger partial charge in [0, 0.05) is 43.0 Å². The minimum Gasteiger partial charge on any atom is -0.348 e. The van der Waals surface area contributed by atoms with E-state index in [0.717, 1.165) is 29.9 Å². The number of imidazole rings is 1. The highest BCUT2D eigenvalue weighted by Gasteiger charge is 2.43. The van der Waals surface area contributed by atoms with Crippen LogP contribution in [0.1, 0.15) is 53.5 Å². The monoisotopic (exact) mass is 430 g/mol. The molecule has 8 nitrogen and oxygen atoms in total. The lowest BCUT2D eigenvalue weighted by Crippen LogP contribution is -2.42. The molecule has 8 heteroatoms. The average Bonchev–Trinajstić information content (AvgIpc) is 3.30. The quantitative estimate of drug-likeness (QED) is 0.687. The number of benzene rings is 1. The fraction of sp³-hybridized carbons (Fsp3) is 0.375. The summed E-state index contributed by atoms with van der Waals surface area (Å²) in [7, 11) is 0. The van der Waals surface area contributed by atoms with Crippen LogP contribution in [-0.2, 0) is 13.0 Å². The van der Waals surface area contributed by atoms with E-state index in [1.807, 2.05) is 49.1 Å². The van der Waals surface area contributed by atoms with E-state index >= 15 is 0 Å². The third-order valence-electron chi connectivity index (χ3n) is 6.17. The van der Waals surface area contributed by atoms with E-state index in [1.165, 1.54) is 0 Å². The molecule has 5 rings (SSSR count). The number of amides is 2. The predicted octanol–water partition coefficient (Wildman–Crippen LogP) is 2.71. The number of hydrogen-bond donors (Lipinski definition) is 1. The molecule has 2 aliphatic rings. The molecule has 2 bridgehead atoms. The second-order valence-corrected chi connectivity index (χ2v) is 8.71. The zero-order chi connectivity index (χ0) is 22.2. The molecule has 1 saturated heterocycles. The molecule has 2 aromatic heterocycles. The van der Waals surface area contributed by atoms with E-state index in [0.29, 0.717) is 18.7 Å². The van der Waals surface area contributed by atoms with Gasteiger partial charge in [-0.2, -0.15) is 0 Å². The van der Waals surface area contributed by atoms with Gasteiger partial charge in [0.1, 0.15) is 11.5 Å². The molecule has 0 radical (unpaired) electrons. The molecule has 3 aromatic rings. The van der Waals surface area contributed by atoms with Gasteiger partial charge in [-0.3, -0.25) is 9.59 Å². The summed E-state index contributed by atoms with van der Waals surface area (Å²) < 4.78 is 2.14. The number of hydrogen-bond acceptors (Lipinski definition) is 5. The molecule has 164 valence electrons. The lowest BCUT2D eigenvalue weighted by atomic mass is 10.0. The smallest absolute Gasteiger partial charge is 0.292 e. The van der Waals surface area contributed by atoms with Gasteiger partial charge in [0.15, 0.2) is 0 Å². The van der Waals surface area contributed by atoms with Crippen molar-refractivity contribution in [2.45, 2.75) is 57.8 Å². The van der Waals surface area contributed by atoms with E-state index in [1.54, 1.807) is 18.5 Å². The van der Waals surface area contributed by atoms with Crippen molar-refractivity contribution >= 4 is 11.8 Å². The molecule has 2 atom stereocenters. The first-order chi connectivity index (χ1) is 15.5. The maximum atomic E-state index is 13.3. The van der Waals surface area contributed by atoms with Crippen LogP contribution in [0.3, 0.4) is 0 Å². The largest absolute Gasteiger partial charge is 0.348 e. The first kappa shape index (κ1) is 20.4. The van der Waals surface area contributed by atoms with Crippen LogP contribution in [0.15, 0.2) is 48.8 Å². The minimum absolute atomic E-state index is 0.00947. The number of nitrogens with one attached hydrogen (secondary N) is 1. The Balaban J connectivity index is 1.57. The van der Waals surface area contributed by atoms with Gasteiger partial charge in [-0.1, -0.05) is 30.3 Å². The Morgan fingerprint density at radius 3 is 2.47 bits per heavy atom. The van der Waals surface area contributed by atoms with Crippen molar-refractivity contribution in [3.05, 3.63) is 66.0 Å². The first-order valence-corrected chi connectivity index (χ1v) is 11.1. The second kappa shape index (κ2) is 8.18. The summed E-state index contributed by atoms with van der Waals surface area (Å²) in [6.45, 7) is 4.47. The van der Waals surface area contributed by atoms with E-state index in [-0.39, 0.29) is 35.8 Å². The van der Waals surface area contributed by atoms with Crippen LogP contribution in [-0.4, -0.2) is 54.4 Å². The summed E-state index contributed by atoms with van der Waals surface area (Å²) in [6, 6.07) is 11.6. The van der Waals surface area contributed by atoms with Crippen LogP contribution in [0.25, 0.3) is 11.4 Å². The van der Waals surface area contributed by atoms with Gasteiger partial charge in [0.2, 0.25) is 5.82 Å². The first-order valence-electron chi connectivity index (χ1n) is 11.1. The van der Waals surface area contributed by atoms with Crippen LogP contribution in [0.5, 0.6) is 0 Å². The molecule has 2 aliphatic heterocycles. The molecule has 1 N–H and O–H groups in total. The van der Waals surface area contributed by atoms with Gasteiger partial charge >= 0.3 is 0 Å². The summed E-state index contributed by atoms with van der Waals surface area (Å²) >= 11 is 0. The highest BCUT2D eigenvalue weighted by molar-refractivity contribution is 5.95. The van der Waals surface area contributed by atoms with Crippen LogP contribution in [0, 0.1) is 0 Å². The SMILES string of the molecule is CC(C)NC(=O)c1nc(-c2ccccc2)n2c1C[C@@H]1CC[C@H](C2)N1C(=O)c1ncccn1. The molecule has 0 unspecified atom stereocenters. The van der Waals surface area contributed by atoms with Crippen molar-refractivity contribution < 1.29 is 9.59 Å². The zero-order valence-electron chi connectivity index (χ0n) is 18.2. The third-order valence-corrected chi connectivity index (χ3v) is 6.17. The van der Waals surface area contributed by atoms with E-state index in [2.05, 4.69) is 19.9 Å². The fourth-order valence-electron chi connectivity index (χ4n) is 4.84. The highest BCUT2D eigenvalue weighted by atomic mass is 16.2. The van der Waals surface area contributed by atoms with Gasteiger partial charge < -0.3 is 14.8 Å². The topological polar surface area (TPSA) is 93.0 Å². The summed E-state index contributed by atoms with van der Waals surface area (Å²) in [4.78, 5) is 41.4. The minimum atomic E-state index is -0.173. The summed E-state index contributed by atoms with van der Waals surface area (Å²) in [5, 5.41) is 2.98. The number of carbonyl (C=O) groups excluding carboxylic acids is 2. The third kappa shape index (κ3) is 3.55. The zero-order valence-corrected chi connectivity index (χ0v) is 18.2. The van der Waals surface area contributed by atoms with Gasteiger partial charge in [0.25, 0.3) is 11.8 Å². The molecule has 0 aliphatic carbocycles. The van der Waals surface area contributed by atoms with Crippen molar-refractivity contribution in [1.29, 1.82) is 0 Å². The molecular weight excluding hydrogens is 404 g/mol. The molecule has 1 aromatic carbocycles. The van der Waals surface area contributed by atoms with Crippen LogP contribution < -0.4 is 5.32 Å². The van der Waals surface area contributed by atoms with Gasteiger partial charge in [-0.25, -0.2) is 15.0 Å². The van der Waals surface area contributed by atoms with Crippen molar-refractivity contribution in [2.75, 3.05) is 0 Å². The van der Waals surface area contributed by atoms with Crippen LogP contribution in [0.2, 0.25) is 0 Å². The maximum Gasteiger partial charge on any atom is 0.292 e. The van der Waals surface area contributed by atoms with Gasteiger partial charge in [0.05, 0.1) is 11.7 Å². The summed E-state index contributed by atoms with van der Waals surface area (Å²) in [6.07, 6.45) is 5.56. The summed E-state index contributed by atoms with van der Waals surface area (Å²) in [5.74, 6) is 0.666. The standard InChI is InChI=1S/C24H26N6O2/c1-15(2)27-23(31)20-19-13-17-9-10-18(30(17)24(32)21-25-11-6-12-26-21)14-29(19)22(28-20)16-7-4-3-5-8-16/h3-8,11-12,15,17-18H,9-10,13-14H2,1-2H3,(H,27,31)/t17-,18+/m0/s1. The number of rotatable bonds is 4. The lowest BCUT2D eigenvalue weighted by molar-refractivity contribution is 0.0653. The number of fused-ring (bicyclic) bond motifs is 3. The highest BCUT2D eigenvalue weighted by Crippen LogP contribution is 2.36. The molecule has 2 amide bonds. The van der Waals surface area contributed by atoms with E-state index in [4.69, 9.17) is 4.98 Å². The van der Waals surface area contributed by atoms with E-state index in [9.17, 15) is 9.59 Å². The Kier molecular flexibility index (Phi) is 5.20. The average molecular weight is 431 g/mol. The molecule has 1 fully saturated rings. The van der Waals surface area contributed by atoms with Crippen LogP contribution in [0.4, 0.5) is 0 Å². The lowest BCUT2D eigenvalue weighted by Gasteiger charge is -2.27. The normalized spacial score (nSPS) is 19.5. The molecular formula is C24H26N6O2. The van der Waals surface area contributed by atoms with Crippen molar-refractivity contribution in [1.82, 2.24) is 29.7 Å². The fourth-order valence-corrected chi connectivity index (χ4v) is 4.84. The van der Waals surface area contributed by atoms with Crippen molar-refractivity contribution in [3.63, 3.8) is 0 Å². The van der Waals surface area contributed by atoms with Gasteiger partial charge in [-0.15, -0.1) is 0 Å². The van der Waals surface area contributed by atoms with Crippen molar-refractivity contribution in [3.8, 4) is 11.4 Å². The molecule has 4 heterocycles. The number of carbonyl (C=O) groups is 2. The van der Waals surface area contributed by atoms with Gasteiger partial charge in [-0.05, 0) is 32.8 Å².